The van der Waals surface area contributed by atoms with Gasteiger partial charge in [-0.2, -0.15) is 0 Å². The van der Waals surface area contributed by atoms with Crippen molar-refractivity contribution in [3.8, 4) is 0 Å². The van der Waals surface area contributed by atoms with E-state index in [0.29, 0.717) is 6.54 Å². The molecule has 0 saturated carbocycles. The van der Waals surface area contributed by atoms with Crippen LogP contribution in [0.15, 0.2) is 5.38 Å². The maximum atomic E-state index is 12.2. The highest BCUT2D eigenvalue weighted by Crippen LogP contribution is 2.16. The Morgan fingerprint density at radius 2 is 2.28 bits per heavy atom. The van der Waals surface area contributed by atoms with Crippen molar-refractivity contribution in [3.05, 3.63) is 16.1 Å². The summed E-state index contributed by atoms with van der Waals surface area (Å²) in [6, 6.07) is -0.410. The molecule has 1 N–H and O–H groups in total. The van der Waals surface area contributed by atoms with Crippen LogP contribution in [0.2, 0.25) is 0 Å². The normalized spacial score (nSPS) is 20.4. The Morgan fingerprint density at radius 1 is 1.56 bits per heavy atom. The Kier molecular flexibility index (Phi) is 3.65. The third-order valence-corrected chi connectivity index (χ3v) is 3.84. The van der Waals surface area contributed by atoms with Crippen LogP contribution in [0.4, 0.5) is 0 Å². The van der Waals surface area contributed by atoms with Gasteiger partial charge in [-0.25, -0.2) is 4.98 Å². The molecule has 1 unspecified atom stereocenters. The number of nitrogens with one attached hydrogen (secondary N) is 1. The molecule has 2 rings (SSSR count). The number of rotatable bonds is 3. The Bertz CT molecular complexity index is 470. The second-order valence-electron chi connectivity index (χ2n) is 4.87. The predicted molar refractivity (Wildman–Crippen MR) is 69.0 cm³/mol. The number of aryl methyl sites for hydroxylation is 1. The first-order valence-electron chi connectivity index (χ1n) is 5.96. The van der Waals surface area contributed by atoms with Crippen LogP contribution < -0.4 is 5.32 Å². The maximum absolute atomic E-state index is 12.2. The first-order chi connectivity index (χ1) is 8.47. The van der Waals surface area contributed by atoms with Crippen LogP contribution in [0.25, 0.3) is 0 Å². The summed E-state index contributed by atoms with van der Waals surface area (Å²) in [5.74, 6) is -0.0127. The van der Waals surface area contributed by atoms with Gasteiger partial charge in [-0.15, -0.1) is 11.3 Å². The van der Waals surface area contributed by atoms with E-state index >= 15 is 0 Å². The predicted octanol–water partition coefficient (Wildman–Crippen LogP) is 0.935. The maximum Gasteiger partial charge on any atom is 0.246 e. The Morgan fingerprint density at radius 3 is 2.83 bits per heavy atom. The Hall–Kier alpha value is -1.43. The zero-order valence-corrected chi connectivity index (χ0v) is 11.6. The molecule has 0 aliphatic carbocycles. The number of carbonyl (C=O) groups is 2. The van der Waals surface area contributed by atoms with E-state index < -0.39 is 6.04 Å². The summed E-state index contributed by atoms with van der Waals surface area (Å²) in [4.78, 5) is 29.7. The fraction of sp³-hybridized carbons (Fsp3) is 0.583. The lowest BCUT2D eigenvalue weighted by atomic mass is 10.0. The zero-order chi connectivity index (χ0) is 13.3. The molecule has 0 aromatic carbocycles. The second-order valence-corrected chi connectivity index (χ2v) is 5.81. The Balaban J connectivity index is 2.11. The molecule has 1 aliphatic heterocycles. The van der Waals surface area contributed by atoms with Gasteiger partial charge in [0.1, 0.15) is 17.6 Å². The van der Waals surface area contributed by atoms with Crippen molar-refractivity contribution in [2.45, 2.75) is 33.4 Å². The first-order valence-corrected chi connectivity index (χ1v) is 6.84. The standard InChI is InChI=1S/C12H17N3O2S/c1-7(2)11-12(17)15(4-9(16)14-11)5-10-13-8(3)6-18-10/h6-7,11H,4-5H2,1-3H3,(H,14,16). The molecule has 18 heavy (non-hydrogen) atoms. The van der Waals surface area contributed by atoms with Crippen LogP contribution in [0.3, 0.4) is 0 Å². The van der Waals surface area contributed by atoms with Crippen molar-refractivity contribution in [2.24, 2.45) is 5.92 Å². The van der Waals surface area contributed by atoms with Crippen molar-refractivity contribution in [1.29, 1.82) is 0 Å². The molecule has 0 radical (unpaired) electrons. The van der Waals surface area contributed by atoms with Gasteiger partial charge in [-0.1, -0.05) is 13.8 Å². The molecule has 2 amide bonds. The van der Waals surface area contributed by atoms with Crippen LogP contribution in [0, 0.1) is 12.8 Å². The lowest BCUT2D eigenvalue weighted by Gasteiger charge is -2.33. The van der Waals surface area contributed by atoms with Crippen LogP contribution >= 0.6 is 11.3 Å². The van der Waals surface area contributed by atoms with E-state index in [1.165, 1.54) is 11.3 Å². The average Bonchev–Trinajstić information content (AvgIpc) is 2.68. The highest BCUT2D eigenvalue weighted by Gasteiger charge is 2.34. The highest BCUT2D eigenvalue weighted by molar-refractivity contribution is 7.09. The molecule has 1 saturated heterocycles. The molecule has 1 atom stereocenters. The van der Waals surface area contributed by atoms with Gasteiger partial charge in [0.05, 0.1) is 6.54 Å². The first kappa shape index (κ1) is 13.0. The van der Waals surface area contributed by atoms with Crippen molar-refractivity contribution in [3.63, 3.8) is 0 Å². The quantitative estimate of drug-likeness (QED) is 0.886. The minimum Gasteiger partial charge on any atom is -0.343 e. The van der Waals surface area contributed by atoms with Crippen LogP contribution in [-0.4, -0.2) is 34.3 Å². The summed E-state index contributed by atoms with van der Waals surface area (Å²) in [6.07, 6.45) is 0. The monoisotopic (exact) mass is 267 g/mol. The van der Waals surface area contributed by atoms with Gasteiger partial charge in [0, 0.05) is 11.1 Å². The molecular formula is C12H17N3O2S. The van der Waals surface area contributed by atoms with E-state index in [1.54, 1.807) is 4.90 Å². The molecule has 0 bridgehead atoms. The van der Waals surface area contributed by atoms with E-state index in [2.05, 4.69) is 10.3 Å². The largest absolute Gasteiger partial charge is 0.343 e. The van der Waals surface area contributed by atoms with E-state index in [9.17, 15) is 9.59 Å². The average molecular weight is 267 g/mol. The smallest absolute Gasteiger partial charge is 0.246 e. The number of carbonyl (C=O) groups excluding carboxylic acids is 2. The van der Waals surface area contributed by atoms with Crippen molar-refractivity contribution in [1.82, 2.24) is 15.2 Å². The summed E-state index contributed by atoms with van der Waals surface area (Å²) in [5, 5.41) is 5.56. The number of amides is 2. The molecule has 0 spiro atoms. The van der Waals surface area contributed by atoms with Crippen molar-refractivity contribution >= 4 is 23.2 Å². The van der Waals surface area contributed by atoms with E-state index in [-0.39, 0.29) is 24.3 Å². The summed E-state index contributed by atoms with van der Waals surface area (Å²) >= 11 is 1.52. The van der Waals surface area contributed by atoms with Crippen LogP contribution in [0.5, 0.6) is 0 Å². The SMILES string of the molecule is Cc1csc(CN2CC(=O)NC(C(C)C)C2=O)n1. The summed E-state index contributed by atoms with van der Waals surface area (Å²) in [6.45, 7) is 6.33. The summed E-state index contributed by atoms with van der Waals surface area (Å²) in [7, 11) is 0. The van der Waals surface area contributed by atoms with Gasteiger partial charge in [-0.05, 0) is 12.8 Å². The second kappa shape index (κ2) is 5.06. The van der Waals surface area contributed by atoms with Gasteiger partial charge in [0.2, 0.25) is 11.8 Å². The highest BCUT2D eigenvalue weighted by atomic mass is 32.1. The topological polar surface area (TPSA) is 62.3 Å². The minimum absolute atomic E-state index is 0.0162. The molecule has 1 aromatic heterocycles. The van der Waals surface area contributed by atoms with E-state index in [1.807, 2.05) is 26.2 Å². The number of thiazole rings is 1. The molecule has 1 fully saturated rings. The molecule has 1 aromatic rings. The number of piperazine rings is 1. The lowest BCUT2D eigenvalue weighted by molar-refractivity contribution is -0.146. The Labute approximate surface area is 110 Å². The van der Waals surface area contributed by atoms with Crippen LogP contribution in [0.1, 0.15) is 24.5 Å². The van der Waals surface area contributed by atoms with Gasteiger partial charge < -0.3 is 10.2 Å². The third kappa shape index (κ3) is 2.69. The summed E-state index contributed by atoms with van der Waals surface area (Å²) < 4.78 is 0. The summed E-state index contributed by atoms with van der Waals surface area (Å²) in [5.41, 5.74) is 0.948. The van der Waals surface area contributed by atoms with Gasteiger partial charge in [0.15, 0.2) is 0 Å². The van der Waals surface area contributed by atoms with Crippen LogP contribution in [-0.2, 0) is 16.1 Å². The number of aromatic nitrogens is 1. The fourth-order valence-corrected chi connectivity index (χ4v) is 2.74. The molecule has 1 aliphatic rings. The number of hydrogen-bond donors (Lipinski definition) is 1. The van der Waals surface area contributed by atoms with Gasteiger partial charge >= 0.3 is 0 Å². The van der Waals surface area contributed by atoms with Crippen molar-refractivity contribution in [2.75, 3.05) is 6.54 Å². The van der Waals surface area contributed by atoms with Crippen molar-refractivity contribution < 1.29 is 9.59 Å². The van der Waals surface area contributed by atoms with Gasteiger partial charge in [0.25, 0.3) is 0 Å². The number of hydrogen-bond acceptors (Lipinski definition) is 4. The van der Waals surface area contributed by atoms with E-state index in [4.69, 9.17) is 0 Å². The third-order valence-electron chi connectivity index (χ3n) is 2.89. The minimum atomic E-state index is -0.410. The fourth-order valence-electron chi connectivity index (χ4n) is 1.95. The molecule has 5 nitrogen and oxygen atoms in total. The molecule has 2 heterocycles. The number of nitrogens with zero attached hydrogens (tertiary/aromatic N) is 2. The lowest BCUT2D eigenvalue weighted by Crippen LogP contribution is -2.59. The molecule has 6 heteroatoms. The zero-order valence-electron chi connectivity index (χ0n) is 10.8. The van der Waals surface area contributed by atoms with Gasteiger partial charge in [-0.3, -0.25) is 9.59 Å². The molecular weight excluding hydrogens is 250 g/mol. The molecule has 98 valence electrons. The van der Waals surface area contributed by atoms with E-state index in [0.717, 1.165) is 10.7 Å².